The van der Waals surface area contributed by atoms with Gasteiger partial charge >= 0.3 is 0 Å². The van der Waals surface area contributed by atoms with Gasteiger partial charge < -0.3 is 10.1 Å². The molecule has 0 radical (unpaired) electrons. The highest BCUT2D eigenvalue weighted by Crippen LogP contribution is 2.34. The van der Waals surface area contributed by atoms with Crippen LogP contribution in [0.5, 0.6) is 5.75 Å². The molecular weight excluding hydrogens is 272 g/mol. The Labute approximate surface area is 122 Å². The van der Waals surface area contributed by atoms with E-state index in [0.717, 1.165) is 24.0 Å². The molecule has 1 aliphatic rings. The first-order valence-electron chi connectivity index (χ1n) is 7.14. The molecule has 2 aromatic carbocycles. The van der Waals surface area contributed by atoms with E-state index in [9.17, 15) is 8.78 Å². The fourth-order valence-corrected chi connectivity index (χ4v) is 2.80. The van der Waals surface area contributed by atoms with Gasteiger partial charge in [-0.25, -0.2) is 8.78 Å². The molecule has 3 rings (SSSR count). The van der Waals surface area contributed by atoms with Crippen LogP contribution in [0.3, 0.4) is 0 Å². The molecule has 1 unspecified atom stereocenters. The fraction of sp³-hybridized carbons (Fsp3) is 0.294. The number of ether oxygens (including phenoxy) is 1. The lowest BCUT2D eigenvalue weighted by Crippen LogP contribution is -2.07. The van der Waals surface area contributed by atoms with Crippen molar-refractivity contribution in [2.45, 2.75) is 25.8 Å². The zero-order valence-corrected chi connectivity index (χ0v) is 11.8. The van der Waals surface area contributed by atoms with Crippen LogP contribution in [-0.2, 0) is 6.42 Å². The minimum Gasteiger partial charge on any atom is -0.491 e. The summed E-state index contributed by atoms with van der Waals surface area (Å²) in [4.78, 5) is 0. The van der Waals surface area contributed by atoms with Gasteiger partial charge in [0.2, 0.25) is 0 Å². The molecule has 21 heavy (non-hydrogen) atoms. The predicted molar refractivity (Wildman–Crippen MR) is 78.7 cm³/mol. The third kappa shape index (κ3) is 2.84. The summed E-state index contributed by atoms with van der Waals surface area (Å²) < 4.78 is 32.2. The summed E-state index contributed by atoms with van der Waals surface area (Å²) in [5.41, 5.74) is 2.82. The normalized spacial score (nSPS) is 16.6. The molecule has 0 spiro atoms. The van der Waals surface area contributed by atoms with Gasteiger partial charge in [0.25, 0.3) is 0 Å². The number of halogens is 2. The summed E-state index contributed by atoms with van der Waals surface area (Å²) in [5.74, 6) is -0.322. The van der Waals surface area contributed by atoms with Gasteiger partial charge in [0.1, 0.15) is 5.82 Å². The van der Waals surface area contributed by atoms with Gasteiger partial charge in [0.15, 0.2) is 11.6 Å². The monoisotopic (exact) mass is 289 g/mol. The zero-order chi connectivity index (χ0) is 14.8. The maximum Gasteiger partial charge on any atom is 0.167 e. The Bertz CT molecular complexity index is 657. The third-order valence-electron chi connectivity index (χ3n) is 3.76. The van der Waals surface area contributed by atoms with Gasteiger partial charge in [-0.15, -0.1) is 0 Å². The minimum atomic E-state index is -0.376. The third-order valence-corrected chi connectivity index (χ3v) is 3.76. The van der Waals surface area contributed by atoms with Crippen LogP contribution < -0.4 is 10.1 Å². The Hall–Kier alpha value is -2.10. The molecule has 0 aliphatic heterocycles. The van der Waals surface area contributed by atoms with Crippen LogP contribution in [0.4, 0.5) is 14.5 Å². The van der Waals surface area contributed by atoms with Crippen LogP contribution in [0.15, 0.2) is 36.4 Å². The van der Waals surface area contributed by atoms with E-state index < -0.39 is 0 Å². The SMILES string of the molecule is CCOc1ccc(NC2CCc3cc(F)ccc32)cc1F. The van der Waals surface area contributed by atoms with Crippen molar-refractivity contribution in [3.05, 3.63) is 59.2 Å². The van der Waals surface area contributed by atoms with Gasteiger partial charge in [-0.05, 0) is 55.2 Å². The number of hydrogen-bond acceptors (Lipinski definition) is 2. The van der Waals surface area contributed by atoms with Crippen LogP contribution >= 0.6 is 0 Å². The Kier molecular flexibility index (Phi) is 3.78. The highest BCUT2D eigenvalue weighted by Gasteiger charge is 2.22. The summed E-state index contributed by atoms with van der Waals surface area (Å²) in [6.45, 7) is 2.26. The number of hydrogen-bond donors (Lipinski definition) is 1. The van der Waals surface area contributed by atoms with E-state index in [4.69, 9.17) is 4.74 Å². The van der Waals surface area contributed by atoms with Crippen molar-refractivity contribution < 1.29 is 13.5 Å². The number of anilines is 1. The molecule has 0 amide bonds. The number of fused-ring (bicyclic) bond motifs is 1. The molecule has 0 bridgehead atoms. The highest BCUT2D eigenvalue weighted by molar-refractivity contribution is 5.51. The second-order valence-corrected chi connectivity index (χ2v) is 5.16. The molecule has 1 aliphatic carbocycles. The van der Waals surface area contributed by atoms with Crippen LogP contribution in [0.1, 0.15) is 30.5 Å². The predicted octanol–water partition coefficient (Wildman–Crippen LogP) is 4.46. The zero-order valence-electron chi connectivity index (χ0n) is 11.8. The quantitative estimate of drug-likeness (QED) is 0.897. The van der Waals surface area contributed by atoms with Crippen LogP contribution in [0.25, 0.3) is 0 Å². The van der Waals surface area contributed by atoms with Crippen molar-refractivity contribution >= 4 is 5.69 Å². The molecule has 0 heterocycles. The van der Waals surface area contributed by atoms with E-state index in [1.54, 1.807) is 24.3 Å². The van der Waals surface area contributed by atoms with Gasteiger partial charge in [-0.1, -0.05) is 6.07 Å². The summed E-state index contributed by atoms with van der Waals surface area (Å²) in [6, 6.07) is 9.81. The van der Waals surface area contributed by atoms with Crippen LogP contribution in [-0.4, -0.2) is 6.61 Å². The first kappa shape index (κ1) is 13.9. The van der Waals surface area contributed by atoms with Crippen molar-refractivity contribution in [2.24, 2.45) is 0 Å². The number of aryl methyl sites for hydroxylation is 1. The van der Waals surface area contributed by atoms with Crippen LogP contribution in [0.2, 0.25) is 0 Å². The van der Waals surface area contributed by atoms with Crippen molar-refractivity contribution in [3.63, 3.8) is 0 Å². The van der Waals surface area contributed by atoms with E-state index in [0.29, 0.717) is 12.3 Å². The summed E-state index contributed by atoms with van der Waals surface area (Å²) in [5, 5.41) is 3.31. The van der Waals surface area contributed by atoms with Crippen molar-refractivity contribution in [1.29, 1.82) is 0 Å². The molecule has 1 atom stereocenters. The maximum atomic E-state index is 13.8. The van der Waals surface area contributed by atoms with E-state index in [1.165, 1.54) is 12.1 Å². The smallest absolute Gasteiger partial charge is 0.167 e. The fourth-order valence-electron chi connectivity index (χ4n) is 2.80. The van der Waals surface area contributed by atoms with E-state index in [-0.39, 0.29) is 23.4 Å². The summed E-state index contributed by atoms with van der Waals surface area (Å²) in [7, 11) is 0. The first-order valence-corrected chi connectivity index (χ1v) is 7.14. The topological polar surface area (TPSA) is 21.3 Å². The molecule has 0 fully saturated rings. The van der Waals surface area contributed by atoms with Gasteiger partial charge in [0, 0.05) is 11.8 Å². The number of benzene rings is 2. The van der Waals surface area contributed by atoms with Crippen molar-refractivity contribution in [1.82, 2.24) is 0 Å². The number of rotatable bonds is 4. The van der Waals surface area contributed by atoms with E-state index >= 15 is 0 Å². The van der Waals surface area contributed by atoms with Crippen molar-refractivity contribution in [3.8, 4) is 5.75 Å². The van der Waals surface area contributed by atoms with Crippen LogP contribution in [0, 0.1) is 11.6 Å². The minimum absolute atomic E-state index is 0.0953. The van der Waals surface area contributed by atoms with Gasteiger partial charge in [-0.3, -0.25) is 0 Å². The molecule has 110 valence electrons. The lowest BCUT2D eigenvalue weighted by atomic mass is 10.1. The van der Waals surface area contributed by atoms with Crippen molar-refractivity contribution in [2.75, 3.05) is 11.9 Å². The largest absolute Gasteiger partial charge is 0.491 e. The molecule has 1 N–H and O–H groups in total. The molecule has 4 heteroatoms. The average Bonchev–Trinajstić information content (AvgIpc) is 2.84. The average molecular weight is 289 g/mol. The number of nitrogens with one attached hydrogen (secondary N) is 1. The maximum absolute atomic E-state index is 13.8. The van der Waals surface area contributed by atoms with E-state index in [1.807, 2.05) is 6.92 Å². The summed E-state index contributed by atoms with van der Waals surface area (Å²) in [6.07, 6.45) is 1.72. The lowest BCUT2D eigenvalue weighted by Gasteiger charge is -2.16. The molecule has 0 saturated heterocycles. The Morgan fingerprint density at radius 3 is 2.81 bits per heavy atom. The molecule has 0 saturated carbocycles. The molecule has 0 aromatic heterocycles. The highest BCUT2D eigenvalue weighted by atomic mass is 19.1. The molecular formula is C17H17F2NO. The van der Waals surface area contributed by atoms with E-state index in [2.05, 4.69) is 5.32 Å². The first-order chi connectivity index (χ1) is 10.2. The lowest BCUT2D eigenvalue weighted by molar-refractivity contribution is 0.321. The summed E-state index contributed by atoms with van der Waals surface area (Å²) >= 11 is 0. The Morgan fingerprint density at radius 2 is 2.05 bits per heavy atom. The Morgan fingerprint density at radius 1 is 1.19 bits per heavy atom. The van der Waals surface area contributed by atoms with Gasteiger partial charge in [-0.2, -0.15) is 0 Å². The van der Waals surface area contributed by atoms with Gasteiger partial charge in [0.05, 0.1) is 12.6 Å². The molecule has 2 nitrogen and oxygen atoms in total. The standard InChI is InChI=1S/C17H17F2NO/c1-2-21-17-8-5-13(10-15(17)19)20-16-7-3-11-9-12(18)4-6-14(11)16/h4-6,8-10,16,20H,2-3,7H2,1H3. The Balaban J connectivity index is 1.78. The molecule has 2 aromatic rings. The second-order valence-electron chi connectivity index (χ2n) is 5.16. The second kappa shape index (κ2) is 5.72.